The van der Waals surface area contributed by atoms with Crippen LogP contribution in [0.15, 0.2) is 0 Å². The minimum atomic E-state index is -2.94. The monoisotopic (exact) mass is 180 g/mol. The molecule has 0 aromatic carbocycles. The first kappa shape index (κ1) is 8.88. The highest BCUT2D eigenvalue weighted by Crippen LogP contribution is 2.04. The molecule has 0 spiro atoms. The van der Waals surface area contributed by atoms with Gasteiger partial charge in [-0.15, -0.1) is 0 Å². The summed E-state index contributed by atoms with van der Waals surface area (Å²) in [5.41, 5.74) is 2.33. The zero-order valence-electron chi connectivity index (χ0n) is 6.03. The van der Waals surface area contributed by atoms with Crippen LogP contribution in [0.5, 0.6) is 0 Å². The molecule has 0 saturated carbocycles. The third-order valence-corrected chi connectivity index (χ3v) is 3.29. The van der Waals surface area contributed by atoms with E-state index in [1.54, 1.807) is 0 Å². The molecule has 0 amide bonds. The number of sulfone groups is 1. The van der Waals surface area contributed by atoms with Crippen LogP contribution in [0.4, 0.5) is 0 Å². The largest absolute Gasteiger partial charge is 0.270 e. The Labute approximate surface area is 65.4 Å². The number of rotatable bonds is 1. The predicted octanol–water partition coefficient (Wildman–Crippen LogP) is -2.62. The van der Waals surface area contributed by atoms with Crippen LogP contribution >= 0.6 is 0 Å². The van der Waals surface area contributed by atoms with Gasteiger partial charge in [0.1, 0.15) is 0 Å². The van der Waals surface area contributed by atoms with Gasteiger partial charge in [0.15, 0.2) is 9.84 Å². The van der Waals surface area contributed by atoms with E-state index in [1.807, 2.05) is 0 Å². The summed E-state index contributed by atoms with van der Waals surface area (Å²) in [6.45, 7) is 0.331. The molecule has 0 aliphatic carbocycles. The highest BCUT2D eigenvalue weighted by atomic mass is 32.2. The van der Waals surface area contributed by atoms with Crippen LogP contribution < -0.4 is 17.1 Å². The lowest BCUT2D eigenvalue weighted by Gasteiger charge is -2.30. The third kappa shape index (κ3) is 2.11. The van der Waals surface area contributed by atoms with Gasteiger partial charge < -0.3 is 0 Å². The summed E-state index contributed by atoms with van der Waals surface area (Å²) >= 11 is 0. The van der Waals surface area contributed by atoms with Crippen LogP contribution in [0.1, 0.15) is 0 Å². The molecule has 5 N–H and O–H groups in total. The number of nitrogens with two attached hydrogens (primary N) is 2. The van der Waals surface area contributed by atoms with Crippen LogP contribution in [0.25, 0.3) is 0 Å². The first-order chi connectivity index (χ1) is 5.05. The van der Waals surface area contributed by atoms with E-state index in [2.05, 4.69) is 5.43 Å². The zero-order valence-corrected chi connectivity index (χ0v) is 6.84. The van der Waals surface area contributed by atoms with Gasteiger partial charge >= 0.3 is 0 Å². The maximum absolute atomic E-state index is 11.0. The summed E-state index contributed by atoms with van der Waals surface area (Å²) in [4.78, 5) is 0. The highest BCUT2D eigenvalue weighted by Gasteiger charge is 2.28. The Balaban J connectivity index is 2.66. The van der Waals surface area contributed by atoms with Crippen molar-refractivity contribution in [1.29, 1.82) is 0 Å². The van der Waals surface area contributed by atoms with E-state index >= 15 is 0 Å². The van der Waals surface area contributed by atoms with Crippen molar-refractivity contribution in [3.05, 3.63) is 0 Å². The van der Waals surface area contributed by atoms with E-state index in [0.717, 1.165) is 0 Å². The number of hydrazine groups is 2. The number of nitrogens with one attached hydrogen (secondary N) is 1. The van der Waals surface area contributed by atoms with E-state index in [0.29, 0.717) is 6.54 Å². The van der Waals surface area contributed by atoms with E-state index in [4.69, 9.17) is 11.7 Å². The molecule has 1 aliphatic heterocycles. The Morgan fingerprint density at radius 2 is 2.18 bits per heavy atom. The molecule has 6 nitrogen and oxygen atoms in total. The summed E-state index contributed by atoms with van der Waals surface area (Å²) < 4.78 is 22.0. The molecule has 0 aromatic heterocycles. The maximum Gasteiger partial charge on any atom is 0.154 e. The van der Waals surface area contributed by atoms with E-state index < -0.39 is 16.0 Å². The molecule has 1 saturated heterocycles. The highest BCUT2D eigenvalue weighted by molar-refractivity contribution is 7.91. The second-order valence-electron chi connectivity index (χ2n) is 2.53. The summed E-state index contributed by atoms with van der Waals surface area (Å²) in [6.07, 6.45) is -0.450. The van der Waals surface area contributed by atoms with Gasteiger partial charge in [-0.2, -0.15) is 0 Å². The van der Waals surface area contributed by atoms with Crippen molar-refractivity contribution in [2.45, 2.75) is 6.17 Å². The lowest BCUT2D eigenvalue weighted by atomic mass is 10.5. The molecule has 1 aliphatic rings. The lowest BCUT2D eigenvalue weighted by Crippen LogP contribution is -2.60. The van der Waals surface area contributed by atoms with Gasteiger partial charge in [-0.1, -0.05) is 0 Å². The molecule has 0 radical (unpaired) electrons. The average Bonchev–Trinajstić information content (AvgIpc) is 1.94. The van der Waals surface area contributed by atoms with Crippen LogP contribution in [0.2, 0.25) is 0 Å². The van der Waals surface area contributed by atoms with Gasteiger partial charge in [0.25, 0.3) is 0 Å². The Morgan fingerprint density at radius 3 is 2.64 bits per heavy atom. The normalized spacial score (nSPS) is 32.0. The summed E-state index contributed by atoms with van der Waals surface area (Å²) in [5.74, 6) is 10.6. The second-order valence-corrected chi connectivity index (χ2v) is 4.76. The smallest absolute Gasteiger partial charge is 0.154 e. The molecular formula is C4H12N4O2S. The molecule has 1 heterocycles. The Morgan fingerprint density at radius 1 is 1.55 bits per heavy atom. The predicted molar refractivity (Wildman–Crippen MR) is 40.7 cm³/mol. The van der Waals surface area contributed by atoms with Crippen LogP contribution in [0.3, 0.4) is 0 Å². The van der Waals surface area contributed by atoms with Crippen molar-refractivity contribution in [2.24, 2.45) is 11.7 Å². The van der Waals surface area contributed by atoms with Crippen LogP contribution in [-0.4, -0.2) is 37.6 Å². The van der Waals surface area contributed by atoms with Crippen LogP contribution in [0, 0.1) is 0 Å². The quantitative estimate of drug-likeness (QED) is 0.302. The molecule has 1 fully saturated rings. The molecule has 66 valence electrons. The molecule has 0 bridgehead atoms. The van der Waals surface area contributed by atoms with Crippen molar-refractivity contribution in [2.75, 3.05) is 18.1 Å². The fourth-order valence-corrected chi connectivity index (χ4v) is 2.39. The second kappa shape index (κ2) is 3.03. The zero-order chi connectivity index (χ0) is 8.48. The van der Waals surface area contributed by atoms with Gasteiger partial charge in [-0.25, -0.2) is 18.9 Å². The number of hydrogen-bond acceptors (Lipinski definition) is 6. The third-order valence-electron chi connectivity index (χ3n) is 1.67. The molecule has 7 heteroatoms. The fourth-order valence-electron chi connectivity index (χ4n) is 0.964. The Bertz CT molecular complexity index is 226. The molecule has 1 rings (SSSR count). The summed E-state index contributed by atoms with van der Waals surface area (Å²) in [7, 11) is -2.94. The van der Waals surface area contributed by atoms with Crippen molar-refractivity contribution in [3.63, 3.8) is 0 Å². The van der Waals surface area contributed by atoms with Gasteiger partial charge in [0, 0.05) is 6.54 Å². The Kier molecular flexibility index (Phi) is 2.45. The molecule has 0 aromatic rings. The van der Waals surface area contributed by atoms with E-state index in [9.17, 15) is 8.42 Å². The van der Waals surface area contributed by atoms with Crippen molar-refractivity contribution in [1.82, 2.24) is 10.4 Å². The summed E-state index contributed by atoms with van der Waals surface area (Å²) in [5, 5.41) is 1.39. The van der Waals surface area contributed by atoms with Crippen molar-refractivity contribution >= 4 is 9.84 Å². The Hall–Kier alpha value is -0.210. The summed E-state index contributed by atoms with van der Waals surface area (Å²) in [6, 6.07) is 0. The fraction of sp³-hybridized carbons (Fsp3) is 1.00. The first-order valence-electron chi connectivity index (χ1n) is 3.23. The van der Waals surface area contributed by atoms with Gasteiger partial charge in [0.05, 0.1) is 17.7 Å². The van der Waals surface area contributed by atoms with Crippen LogP contribution in [-0.2, 0) is 9.84 Å². The van der Waals surface area contributed by atoms with E-state index in [-0.39, 0.29) is 11.5 Å². The van der Waals surface area contributed by atoms with Gasteiger partial charge in [-0.3, -0.25) is 11.7 Å². The number of nitrogens with zero attached hydrogens (tertiary/aromatic N) is 1. The lowest BCUT2D eigenvalue weighted by molar-refractivity contribution is 0.187. The minimum Gasteiger partial charge on any atom is -0.270 e. The van der Waals surface area contributed by atoms with Crippen molar-refractivity contribution in [3.8, 4) is 0 Å². The standard InChI is InChI=1S/C4H12N4O2S/c5-7-4-3-11(9,10)2-1-8(4)6/h4,7H,1-3,5-6H2. The van der Waals surface area contributed by atoms with Crippen molar-refractivity contribution < 1.29 is 8.42 Å². The maximum atomic E-state index is 11.0. The SMILES string of the molecule is NNC1CS(=O)(=O)CCN1N. The first-order valence-corrected chi connectivity index (χ1v) is 5.05. The average molecular weight is 180 g/mol. The number of hydrogen-bond donors (Lipinski definition) is 3. The molecule has 1 unspecified atom stereocenters. The molecular weight excluding hydrogens is 168 g/mol. The van der Waals surface area contributed by atoms with Gasteiger partial charge in [-0.05, 0) is 0 Å². The minimum absolute atomic E-state index is 0.0139. The van der Waals surface area contributed by atoms with E-state index in [1.165, 1.54) is 5.01 Å². The molecule has 1 atom stereocenters. The molecule has 11 heavy (non-hydrogen) atoms. The topological polar surface area (TPSA) is 101 Å². The van der Waals surface area contributed by atoms with Gasteiger partial charge in [0.2, 0.25) is 0 Å².